The number of carbonyl (C=O) groups is 2. The summed E-state index contributed by atoms with van der Waals surface area (Å²) in [6.45, 7) is 3.02. The summed E-state index contributed by atoms with van der Waals surface area (Å²) >= 11 is 1.70. The Morgan fingerprint density at radius 1 is 1.26 bits per heavy atom. The van der Waals surface area contributed by atoms with Crippen LogP contribution in [0.2, 0.25) is 0 Å². The maximum atomic E-state index is 12.7. The second-order valence-corrected chi connectivity index (χ2v) is 7.03. The van der Waals surface area contributed by atoms with Gasteiger partial charge in [-0.25, -0.2) is 0 Å². The highest BCUT2D eigenvalue weighted by Gasteiger charge is 2.28. The molecule has 1 N–H and O–H groups in total. The van der Waals surface area contributed by atoms with Crippen LogP contribution in [0.1, 0.15) is 37.7 Å². The van der Waals surface area contributed by atoms with Gasteiger partial charge >= 0.3 is 0 Å². The third-order valence-corrected chi connectivity index (χ3v) is 5.01. The lowest BCUT2D eigenvalue weighted by molar-refractivity contribution is -0.137. The minimum Gasteiger partial charge on any atom is -0.345 e. The normalized spacial score (nSPS) is 16.9. The third kappa shape index (κ3) is 5.27. The molecule has 1 aliphatic rings. The quantitative estimate of drug-likeness (QED) is 0.870. The molecule has 0 spiro atoms. The second kappa shape index (κ2) is 8.96. The number of rotatable bonds is 6. The van der Waals surface area contributed by atoms with Crippen molar-refractivity contribution in [1.29, 1.82) is 0 Å². The highest BCUT2D eigenvalue weighted by molar-refractivity contribution is 7.98. The molecule has 126 valence electrons. The van der Waals surface area contributed by atoms with Gasteiger partial charge in [-0.05, 0) is 42.8 Å². The average molecular weight is 334 g/mol. The van der Waals surface area contributed by atoms with Crippen LogP contribution in [0.4, 0.5) is 0 Å². The number of benzene rings is 1. The van der Waals surface area contributed by atoms with Crippen LogP contribution in [0.25, 0.3) is 0 Å². The van der Waals surface area contributed by atoms with Gasteiger partial charge in [0.05, 0.1) is 0 Å². The van der Waals surface area contributed by atoms with E-state index in [2.05, 4.69) is 29.6 Å². The topological polar surface area (TPSA) is 49.4 Å². The van der Waals surface area contributed by atoms with Crippen molar-refractivity contribution >= 4 is 23.6 Å². The summed E-state index contributed by atoms with van der Waals surface area (Å²) < 4.78 is 0. The highest BCUT2D eigenvalue weighted by atomic mass is 32.2. The summed E-state index contributed by atoms with van der Waals surface area (Å²) in [5.41, 5.74) is 1.36. The van der Waals surface area contributed by atoms with Crippen LogP contribution in [-0.4, -0.2) is 47.9 Å². The van der Waals surface area contributed by atoms with Crippen LogP contribution in [0.15, 0.2) is 30.3 Å². The molecule has 1 fully saturated rings. The van der Waals surface area contributed by atoms with Gasteiger partial charge in [-0.3, -0.25) is 9.59 Å². The number of amides is 2. The van der Waals surface area contributed by atoms with Crippen LogP contribution >= 0.6 is 11.8 Å². The van der Waals surface area contributed by atoms with Crippen molar-refractivity contribution in [3.05, 3.63) is 35.9 Å². The Labute approximate surface area is 143 Å². The summed E-state index contributed by atoms with van der Waals surface area (Å²) in [5, 5.41) is 2.81. The van der Waals surface area contributed by atoms with E-state index in [1.807, 2.05) is 17.2 Å². The minimum absolute atomic E-state index is 0.0701. The number of nitrogens with zero attached hydrogens (tertiary/aromatic N) is 1. The molecule has 0 saturated carbocycles. The van der Waals surface area contributed by atoms with Crippen LogP contribution in [-0.2, 0) is 9.59 Å². The highest BCUT2D eigenvalue weighted by Crippen LogP contribution is 2.28. The van der Waals surface area contributed by atoms with Crippen LogP contribution in [0.3, 0.4) is 0 Å². The summed E-state index contributed by atoms with van der Waals surface area (Å²) in [5.74, 6) is 1.34. The van der Waals surface area contributed by atoms with E-state index in [9.17, 15) is 9.59 Å². The molecule has 2 amide bonds. The summed E-state index contributed by atoms with van der Waals surface area (Å²) in [6, 6.07) is 10.1. The van der Waals surface area contributed by atoms with Crippen molar-refractivity contribution in [2.45, 2.75) is 38.1 Å². The van der Waals surface area contributed by atoms with Crippen molar-refractivity contribution in [2.24, 2.45) is 0 Å². The molecule has 4 nitrogen and oxygen atoms in total. The number of likely N-dealkylation sites (tertiary alicyclic amines) is 1. The maximum absolute atomic E-state index is 12.7. The molecule has 1 aliphatic heterocycles. The fraction of sp³-hybridized carbons (Fsp3) is 0.556. The molecule has 0 bridgehead atoms. The number of thioether (sulfide) groups is 1. The second-order valence-electron chi connectivity index (χ2n) is 6.04. The lowest BCUT2D eigenvalue weighted by Gasteiger charge is -2.34. The molecule has 2 rings (SSSR count). The molecule has 1 aromatic carbocycles. The Bertz CT molecular complexity index is 513. The van der Waals surface area contributed by atoms with E-state index in [1.165, 1.54) is 12.5 Å². The maximum Gasteiger partial charge on any atom is 0.245 e. The third-order valence-electron chi connectivity index (χ3n) is 4.36. The molecule has 1 aromatic rings. The zero-order chi connectivity index (χ0) is 16.7. The molecule has 5 heteroatoms. The van der Waals surface area contributed by atoms with Gasteiger partial charge in [0, 0.05) is 20.0 Å². The van der Waals surface area contributed by atoms with Gasteiger partial charge in [0.1, 0.15) is 6.04 Å². The first kappa shape index (κ1) is 17.9. The molecule has 1 atom stereocenters. The van der Waals surface area contributed by atoms with E-state index < -0.39 is 0 Å². The van der Waals surface area contributed by atoms with Crippen molar-refractivity contribution in [2.75, 3.05) is 25.1 Å². The monoisotopic (exact) mass is 334 g/mol. The Hall–Kier alpha value is -1.49. The van der Waals surface area contributed by atoms with Gasteiger partial charge in [-0.1, -0.05) is 30.3 Å². The van der Waals surface area contributed by atoms with Gasteiger partial charge in [0.2, 0.25) is 11.8 Å². The van der Waals surface area contributed by atoms with Crippen LogP contribution in [0, 0.1) is 0 Å². The Morgan fingerprint density at radius 3 is 2.48 bits per heavy atom. The molecule has 1 saturated heterocycles. The molecule has 23 heavy (non-hydrogen) atoms. The fourth-order valence-electron chi connectivity index (χ4n) is 3.12. The number of hydrogen-bond donors (Lipinski definition) is 1. The van der Waals surface area contributed by atoms with Gasteiger partial charge in [0.15, 0.2) is 0 Å². The van der Waals surface area contributed by atoms with Crippen molar-refractivity contribution in [1.82, 2.24) is 10.2 Å². The zero-order valence-corrected chi connectivity index (χ0v) is 14.8. The molecule has 1 unspecified atom stereocenters. The van der Waals surface area contributed by atoms with Crippen LogP contribution < -0.4 is 5.32 Å². The standard InChI is InChI=1S/C18H26N2O2S/c1-14(21)19-17(10-13-23-2)18(22)20-11-8-16(9-12-20)15-6-4-3-5-7-15/h3-7,16-17H,8-13H2,1-2H3,(H,19,21). The molecule has 0 aliphatic carbocycles. The first-order chi connectivity index (χ1) is 11.1. The molecule has 1 heterocycles. The largest absolute Gasteiger partial charge is 0.345 e. The van der Waals surface area contributed by atoms with Crippen molar-refractivity contribution < 1.29 is 9.59 Å². The van der Waals surface area contributed by atoms with Crippen molar-refractivity contribution in [3.63, 3.8) is 0 Å². The number of hydrogen-bond acceptors (Lipinski definition) is 3. The summed E-state index contributed by atoms with van der Waals surface area (Å²) in [4.78, 5) is 26.0. The van der Waals surface area contributed by atoms with Gasteiger partial charge in [-0.2, -0.15) is 11.8 Å². The Kier molecular flexibility index (Phi) is 6.96. The number of nitrogens with one attached hydrogen (secondary N) is 1. The predicted molar refractivity (Wildman–Crippen MR) is 95.6 cm³/mol. The number of piperidine rings is 1. The first-order valence-corrected chi connectivity index (χ1v) is 9.61. The predicted octanol–water partition coefficient (Wildman–Crippen LogP) is 2.65. The molecule has 0 aromatic heterocycles. The first-order valence-electron chi connectivity index (χ1n) is 8.21. The lowest BCUT2D eigenvalue weighted by Crippen LogP contribution is -2.50. The van der Waals surface area contributed by atoms with Gasteiger partial charge in [-0.15, -0.1) is 0 Å². The van der Waals surface area contributed by atoms with E-state index >= 15 is 0 Å². The molecule has 0 radical (unpaired) electrons. The van der Waals surface area contributed by atoms with Gasteiger partial charge < -0.3 is 10.2 Å². The molecular formula is C18H26N2O2S. The fourth-order valence-corrected chi connectivity index (χ4v) is 3.59. The van der Waals surface area contributed by atoms with E-state index in [4.69, 9.17) is 0 Å². The average Bonchev–Trinajstić information content (AvgIpc) is 2.58. The van der Waals surface area contributed by atoms with Gasteiger partial charge in [0.25, 0.3) is 0 Å². The van der Waals surface area contributed by atoms with E-state index in [-0.39, 0.29) is 17.9 Å². The van der Waals surface area contributed by atoms with E-state index in [0.717, 1.165) is 31.7 Å². The van der Waals surface area contributed by atoms with E-state index in [0.29, 0.717) is 12.3 Å². The minimum atomic E-state index is -0.381. The Balaban J connectivity index is 1.91. The number of carbonyl (C=O) groups excluding carboxylic acids is 2. The summed E-state index contributed by atoms with van der Waals surface area (Å²) in [6.07, 6.45) is 4.69. The van der Waals surface area contributed by atoms with Crippen LogP contribution in [0.5, 0.6) is 0 Å². The lowest BCUT2D eigenvalue weighted by atomic mass is 9.89. The summed E-state index contributed by atoms with van der Waals surface area (Å²) in [7, 11) is 0. The van der Waals surface area contributed by atoms with E-state index in [1.54, 1.807) is 11.8 Å². The smallest absolute Gasteiger partial charge is 0.245 e. The SMILES string of the molecule is CSCCC(NC(C)=O)C(=O)N1CCC(c2ccccc2)CC1. The van der Waals surface area contributed by atoms with Crippen molar-refractivity contribution in [3.8, 4) is 0 Å². The Morgan fingerprint density at radius 2 is 1.91 bits per heavy atom. The molecular weight excluding hydrogens is 308 g/mol. The zero-order valence-electron chi connectivity index (χ0n) is 14.0.